The van der Waals surface area contributed by atoms with Gasteiger partial charge in [0.25, 0.3) is 0 Å². The van der Waals surface area contributed by atoms with Gasteiger partial charge in [0.15, 0.2) is 11.5 Å². The lowest BCUT2D eigenvalue weighted by molar-refractivity contribution is 0.170. The van der Waals surface area contributed by atoms with E-state index in [0.29, 0.717) is 13.2 Å². The van der Waals surface area contributed by atoms with E-state index in [1.54, 1.807) is 14.2 Å². The summed E-state index contributed by atoms with van der Waals surface area (Å²) >= 11 is 0. The van der Waals surface area contributed by atoms with E-state index in [-0.39, 0.29) is 11.5 Å². The second-order valence-electron chi connectivity index (χ2n) is 6.36. The van der Waals surface area contributed by atoms with Crippen LogP contribution in [0.2, 0.25) is 0 Å². The van der Waals surface area contributed by atoms with E-state index in [9.17, 15) is 0 Å². The number of benzene rings is 1. The minimum Gasteiger partial charge on any atom is -0.493 e. The number of rotatable bonds is 8. The molecule has 0 spiro atoms. The Kier molecular flexibility index (Phi) is 6.99. The van der Waals surface area contributed by atoms with Gasteiger partial charge in [0.1, 0.15) is 0 Å². The standard InChI is InChI=1S/C17H29NO3/c1-17(2,3)16(18)12-13-7-8-14(20-5)15(11-13)21-10-6-9-19-4/h7-8,11,16H,6,9-10,12,18H2,1-5H3/t16-/m0/s1. The number of hydrogen-bond acceptors (Lipinski definition) is 4. The van der Waals surface area contributed by atoms with Crippen LogP contribution in [0.4, 0.5) is 0 Å². The predicted octanol–water partition coefficient (Wildman–Crippen LogP) is 3.03. The molecule has 0 aliphatic carbocycles. The first kappa shape index (κ1) is 17.8. The van der Waals surface area contributed by atoms with Gasteiger partial charge in [-0.25, -0.2) is 0 Å². The Morgan fingerprint density at radius 2 is 1.81 bits per heavy atom. The van der Waals surface area contributed by atoms with Gasteiger partial charge in [-0.3, -0.25) is 0 Å². The second kappa shape index (κ2) is 8.25. The molecule has 21 heavy (non-hydrogen) atoms. The van der Waals surface area contributed by atoms with Crippen LogP contribution >= 0.6 is 0 Å². The molecule has 0 aliphatic rings. The molecular weight excluding hydrogens is 266 g/mol. The van der Waals surface area contributed by atoms with Crippen molar-refractivity contribution in [3.8, 4) is 11.5 Å². The van der Waals surface area contributed by atoms with Crippen LogP contribution in [0.25, 0.3) is 0 Å². The Bertz CT molecular complexity index is 427. The van der Waals surface area contributed by atoms with Gasteiger partial charge >= 0.3 is 0 Å². The lowest BCUT2D eigenvalue weighted by Crippen LogP contribution is -2.36. The third-order valence-electron chi connectivity index (χ3n) is 3.55. The zero-order valence-electron chi connectivity index (χ0n) is 13.9. The van der Waals surface area contributed by atoms with Crippen molar-refractivity contribution in [1.82, 2.24) is 0 Å². The quantitative estimate of drug-likeness (QED) is 0.749. The van der Waals surface area contributed by atoms with Gasteiger partial charge in [0.05, 0.1) is 13.7 Å². The Morgan fingerprint density at radius 3 is 2.38 bits per heavy atom. The summed E-state index contributed by atoms with van der Waals surface area (Å²) in [6.45, 7) is 7.77. The minimum atomic E-state index is 0.0828. The molecule has 1 aromatic rings. The lowest BCUT2D eigenvalue weighted by atomic mass is 9.84. The third kappa shape index (κ3) is 5.94. The highest BCUT2D eigenvalue weighted by atomic mass is 16.5. The molecule has 4 nitrogen and oxygen atoms in total. The van der Waals surface area contributed by atoms with Gasteiger partial charge in [-0.15, -0.1) is 0 Å². The molecule has 0 saturated heterocycles. The maximum Gasteiger partial charge on any atom is 0.161 e. The van der Waals surface area contributed by atoms with Crippen molar-refractivity contribution in [2.24, 2.45) is 11.1 Å². The first-order chi connectivity index (χ1) is 9.88. The van der Waals surface area contributed by atoms with Crippen molar-refractivity contribution in [3.63, 3.8) is 0 Å². The number of nitrogens with two attached hydrogens (primary N) is 1. The smallest absolute Gasteiger partial charge is 0.161 e. The summed E-state index contributed by atoms with van der Waals surface area (Å²) in [7, 11) is 3.34. The molecule has 0 saturated carbocycles. The van der Waals surface area contributed by atoms with E-state index >= 15 is 0 Å². The molecule has 0 heterocycles. The average Bonchev–Trinajstić information content (AvgIpc) is 2.43. The summed E-state index contributed by atoms with van der Waals surface area (Å²) in [5.74, 6) is 1.52. The van der Waals surface area contributed by atoms with Crippen molar-refractivity contribution < 1.29 is 14.2 Å². The van der Waals surface area contributed by atoms with Crippen LogP contribution in [0, 0.1) is 5.41 Å². The molecule has 1 atom stereocenters. The molecule has 0 bridgehead atoms. The van der Waals surface area contributed by atoms with E-state index in [0.717, 1.165) is 24.3 Å². The molecule has 0 fully saturated rings. The molecule has 0 unspecified atom stereocenters. The van der Waals surface area contributed by atoms with Crippen LogP contribution in [0.15, 0.2) is 18.2 Å². The highest BCUT2D eigenvalue weighted by molar-refractivity contribution is 5.43. The van der Waals surface area contributed by atoms with E-state index < -0.39 is 0 Å². The zero-order valence-corrected chi connectivity index (χ0v) is 13.9. The lowest BCUT2D eigenvalue weighted by Gasteiger charge is -2.27. The van der Waals surface area contributed by atoms with Crippen LogP contribution in [-0.2, 0) is 11.2 Å². The van der Waals surface area contributed by atoms with Crippen molar-refractivity contribution in [2.75, 3.05) is 27.4 Å². The molecular formula is C17H29NO3. The first-order valence-corrected chi connectivity index (χ1v) is 7.42. The minimum absolute atomic E-state index is 0.0828. The van der Waals surface area contributed by atoms with Crippen molar-refractivity contribution in [1.29, 1.82) is 0 Å². The van der Waals surface area contributed by atoms with E-state index in [1.807, 2.05) is 18.2 Å². The molecule has 0 aliphatic heterocycles. The topological polar surface area (TPSA) is 53.7 Å². The zero-order chi connectivity index (χ0) is 15.9. The molecule has 1 aromatic carbocycles. The average molecular weight is 295 g/mol. The van der Waals surface area contributed by atoms with Crippen LogP contribution in [-0.4, -0.2) is 33.5 Å². The van der Waals surface area contributed by atoms with Crippen molar-refractivity contribution >= 4 is 0 Å². The van der Waals surface area contributed by atoms with Crippen LogP contribution in [0.5, 0.6) is 11.5 Å². The normalized spacial score (nSPS) is 13.0. The molecule has 0 aromatic heterocycles. The Hall–Kier alpha value is -1.26. The number of hydrogen-bond donors (Lipinski definition) is 1. The molecule has 120 valence electrons. The summed E-state index contributed by atoms with van der Waals surface area (Å²) in [6.07, 6.45) is 1.67. The fraction of sp³-hybridized carbons (Fsp3) is 0.647. The van der Waals surface area contributed by atoms with Crippen LogP contribution in [0.3, 0.4) is 0 Å². The predicted molar refractivity (Wildman–Crippen MR) is 86.1 cm³/mol. The summed E-state index contributed by atoms with van der Waals surface area (Å²) < 4.78 is 16.2. The van der Waals surface area contributed by atoms with Gasteiger partial charge in [-0.2, -0.15) is 0 Å². The number of ether oxygens (including phenoxy) is 3. The third-order valence-corrected chi connectivity index (χ3v) is 3.55. The van der Waals surface area contributed by atoms with E-state index in [4.69, 9.17) is 19.9 Å². The fourth-order valence-electron chi connectivity index (χ4n) is 1.91. The van der Waals surface area contributed by atoms with Gasteiger partial charge < -0.3 is 19.9 Å². The number of methoxy groups -OCH3 is 2. The van der Waals surface area contributed by atoms with Gasteiger partial charge in [0, 0.05) is 26.2 Å². The second-order valence-corrected chi connectivity index (χ2v) is 6.36. The van der Waals surface area contributed by atoms with Gasteiger partial charge in [-0.05, 0) is 29.5 Å². The Morgan fingerprint density at radius 1 is 1.10 bits per heavy atom. The molecule has 2 N–H and O–H groups in total. The highest BCUT2D eigenvalue weighted by Crippen LogP contribution is 2.30. The van der Waals surface area contributed by atoms with Crippen molar-refractivity contribution in [3.05, 3.63) is 23.8 Å². The maximum atomic E-state index is 6.25. The Labute approximate surface area is 128 Å². The maximum absolute atomic E-state index is 6.25. The van der Waals surface area contributed by atoms with E-state index in [2.05, 4.69) is 20.8 Å². The monoisotopic (exact) mass is 295 g/mol. The summed E-state index contributed by atoms with van der Waals surface area (Å²) in [5, 5.41) is 0. The molecule has 0 amide bonds. The SMILES string of the molecule is COCCCOc1cc(C[C@H](N)C(C)(C)C)ccc1OC. The highest BCUT2D eigenvalue weighted by Gasteiger charge is 2.21. The summed E-state index contributed by atoms with van der Waals surface area (Å²) in [4.78, 5) is 0. The fourth-order valence-corrected chi connectivity index (χ4v) is 1.91. The van der Waals surface area contributed by atoms with Crippen LogP contribution in [0.1, 0.15) is 32.8 Å². The molecule has 4 heteroatoms. The van der Waals surface area contributed by atoms with Crippen LogP contribution < -0.4 is 15.2 Å². The largest absolute Gasteiger partial charge is 0.493 e. The van der Waals surface area contributed by atoms with Gasteiger partial charge in [-0.1, -0.05) is 26.8 Å². The molecule has 0 radical (unpaired) electrons. The summed E-state index contributed by atoms with van der Waals surface area (Å²) in [6, 6.07) is 6.12. The Balaban J connectivity index is 2.74. The first-order valence-electron chi connectivity index (χ1n) is 7.42. The van der Waals surface area contributed by atoms with Gasteiger partial charge in [0.2, 0.25) is 0 Å². The van der Waals surface area contributed by atoms with Crippen molar-refractivity contribution in [2.45, 2.75) is 39.7 Å². The molecule has 1 rings (SSSR count). The summed E-state index contributed by atoms with van der Waals surface area (Å²) in [5.41, 5.74) is 7.50. The van der Waals surface area contributed by atoms with E-state index in [1.165, 1.54) is 5.56 Å².